The highest BCUT2D eigenvalue weighted by Crippen LogP contribution is 2.28. The Morgan fingerprint density at radius 1 is 1.00 bits per heavy atom. The van der Waals surface area contributed by atoms with Gasteiger partial charge in [-0.1, -0.05) is 35.3 Å². The zero-order valence-electron chi connectivity index (χ0n) is 16.2. The maximum Gasteiger partial charge on any atom is 0.297 e. The minimum atomic E-state index is -3.85. The quantitative estimate of drug-likeness (QED) is 0.446. The standard InChI is InChI=1S/C20H25BrO6S/c1-4-5-17(27-28(22,23)18-9-7-16(21)8-10-18)14-26-13-15-6-11-19(24-2)20(12-15)25-3/h6-12,17H,4-5,13-14H2,1-3H3. The number of benzene rings is 2. The van der Waals surface area contributed by atoms with Gasteiger partial charge in [0.05, 0.1) is 32.3 Å². The second-order valence-electron chi connectivity index (χ2n) is 6.12. The highest BCUT2D eigenvalue weighted by atomic mass is 79.9. The van der Waals surface area contributed by atoms with Crippen LogP contribution in [0.15, 0.2) is 51.8 Å². The SMILES string of the molecule is CCCC(COCc1ccc(OC)c(OC)c1)OS(=O)(=O)c1ccc(Br)cc1. The van der Waals surface area contributed by atoms with Gasteiger partial charge in [-0.15, -0.1) is 0 Å². The summed E-state index contributed by atoms with van der Waals surface area (Å²) in [5.41, 5.74) is 0.892. The summed E-state index contributed by atoms with van der Waals surface area (Å²) in [6.45, 7) is 2.44. The van der Waals surface area contributed by atoms with E-state index < -0.39 is 16.2 Å². The van der Waals surface area contributed by atoms with Gasteiger partial charge in [-0.05, 0) is 48.4 Å². The molecule has 2 aromatic rings. The van der Waals surface area contributed by atoms with E-state index in [1.807, 2.05) is 19.1 Å². The first-order chi connectivity index (χ1) is 13.4. The molecule has 28 heavy (non-hydrogen) atoms. The van der Waals surface area contributed by atoms with Crippen LogP contribution in [-0.2, 0) is 25.6 Å². The van der Waals surface area contributed by atoms with Crippen molar-refractivity contribution in [2.24, 2.45) is 0 Å². The van der Waals surface area contributed by atoms with Crippen LogP contribution in [0.3, 0.4) is 0 Å². The van der Waals surface area contributed by atoms with Gasteiger partial charge in [0.2, 0.25) is 0 Å². The average molecular weight is 473 g/mol. The molecule has 0 aliphatic carbocycles. The van der Waals surface area contributed by atoms with E-state index in [9.17, 15) is 8.42 Å². The zero-order chi connectivity index (χ0) is 20.6. The number of hydrogen-bond acceptors (Lipinski definition) is 6. The van der Waals surface area contributed by atoms with E-state index in [1.165, 1.54) is 12.1 Å². The van der Waals surface area contributed by atoms with Crippen LogP contribution in [-0.4, -0.2) is 35.3 Å². The molecule has 0 spiro atoms. The molecule has 0 bridgehead atoms. The van der Waals surface area contributed by atoms with Crippen LogP contribution in [0.2, 0.25) is 0 Å². The summed E-state index contributed by atoms with van der Waals surface area (Å²) in [5, 5.41) is 0. The third-order valence-corrected chi connectivity index (χ3v) is 5.90. The molecule has 1 atom stereocenters. The second-order valence-corrected chi connectivity index (χ2v) is 8.61. The molecule has 0 aliphatic heterocycles. The molecule has 0 saturated carbocycles. The zero-order valence-corrected chi connectivity index (χ0v) is 18.6. The van der Waals surface area contributed by atoms with Gasteiger partial charge < -0.3 is 14.2 Å². The molecule has 1 unspecified atom stereocenters. The molecule has 0 amide bonds. The van der Waals surface area contributed by atoms with Crippen LogP contribution in [0.1, 0.15) is 25.3 Å². The van der Waals surface area contributed by atoms with Gasteiger partial charge in [0.15, 0.2) is 11.5 Å². The summed E-state index contributed by atoms with van der Waals surface area (Å²) in [6.07, 6.45) is 0.792. The van der Waals surface area contributed by atoms with E-state index in [2.05, 4.69) is 15.9 Å². The Balaban J connectivity index is 1.98. The molecule has 0 aromatic heterocycles. The Hall–Kier alpha value is -1.61. The van der Waals surface area contributed by atoms with Crippen molar-refractivity contribution < 1.29 is 26.8 Å². The maximum absolute atomic E-state index is 12.5. The smallest absolute Gasteiger partial charge is 0.297 e. The Kier molecular flexibility index (Phi) is 8.75. The van der Waals surface area contributed by atoms with Crippen LogP contribution < -0.4 is 9.47 Å². The van der Waals surface area contributed by atoms with Crippen molar-refractivity contribution in [2.75, 3.05) is 20.8 Å². The van der Waals surface area contributed by atoms with Crippen molar-refractivity contribution in [1.82, 2.24) is 0 Å². The molecule has 0 fully saturated rings. The largest absolute Gasteiger partial charge is 0.493 e. The summed E-state index contributed by atoms with van der Waals surface area (Å²) < 4.78 is 47.4. The van der Waals surface area contributed by atoms with Crippen LogP contribution in [0, 0.1) is 0 Å². The number of rotatable bonds is 11. The Labute approximate surface area is 175 Å². The molecule has 0 radical (unpaired) electrons. The predicted octanol–water partition coefficient (Wildman–Crippen LogP) is 4.56. The van der Waals surface area contributed by atoms with Crippen LogP contribution in [0.4, 0.5) is 0 Å². The first kappa shape index (κ1) is 22.7. The van der Waals surface area contributed by atoms with Gasteiger partial charge in [0.1, 0.15) is 6.10 Å². The molecule has 2 aromatic carbocycles. The van der Waals surface area contributed by atoms with Crippen molar-refractivity contribution in [3.8, 4) is 11.5 Å². The van der Waals surface area contributed by atoms with E-state index in [-0.39, 0.29) is 11.5 Å². The third-order valence-electron chi connectivity index (χ3n) is 4.00. The molecular formula is C20H25BrO6S. The van der Waals surface area contributed by atoms with Gasteiger partial charge in [-0.3, -0.25) is 4.18 Å². The molecule has 8 heteroatoms. The summed E-state index contributed by atoms with van der Waals surface area (Å²) >= 11 is 3.29. The third kappa shape index (κ3) is 6.48. The maximum atomic E-state index is 12.5. The fraction of sp³-hybridized carbons (Fsp3) is 0.400. The minimum absolute atomic E-state index is 0.122. The highest BCUT2D eigenvalue weighted by molar-refractivity contribution is 9.10. The molecule has 0 N–H and O–H groups in total. The first-order valence-electron chi connectivity index (χ1n) is 8.87. The van der Waals surface area contributed by atoms with E-state index in [4.69, 9.17) is 18.4 Å². The lowest BCUT2D eigenvalue weighted by molar-refractivity contribution is 0.0400. The molecule has 0 aliphatic rings. The predicted molar refractivity (Wildman–Crippen MR) is 110 cm³/mol. The fourth-order valence-corrected chi connectivity index (χ4v) is 3.95. The van der Waals surface area contributed by atoms with Gasteiger partial charge in [0, 0.05) is 4.47 Å². The van der Waals surface area contributed by atoms with Gasteiger partial charge in [-0.2, -0.15) is 8.42 Å². The van der Waals surface area contributed by atoms with Crippen LogP contribution >= 0.6 is 15.9 Å². The van der Waals surface area contributed by atoms with Gasteiger partial charge >= 0.3 is 0 Å². The summed E-state index contributed by atoms with van der Waals surface area (Å²) in [5.74, 6) is 1.25. The van der Waals surface area contributed by atoms with E-state index in [0.29, 0.717) is 24.5 Å². The van der Waals surface area contributed by atoms with Gasteiger partial charge in [0.25, 0.3) is 10.1 Å². The first-order valence-corrected chi connectivity index (χ1v) is 11.1. The molecule has 154 valence electrons. The molecule has 0 saturated heterocycles. The van der Waals surface area contributed by atoms with Crippen molar-refractivity contribution in [3.05, 3.63) is 52.5 Å². The lowest BCUT2D eigenvalue weighted by atomic mass is 10.2. The molecule has 2 rings (SSSR count). The van der Waals surface area contributed by atoms with Gasteiger partial charge in [-0.25, -0.2) is 0 Å². The Morgan fingerprint density at radius 2 is 1.68 bits per heavy atom. The monoisotopic (exact) mass is 472 g/mol. The highest BCUT2D eigenvalue weighted by Gasteiger charge is 2.21. The lowest BCUT2D eigenvalue weighted by Crippen LogP contribution is -2.24. The van der Waals surface area contributed by atoms with Crippen LogP contribution in [0.5, 0.6) is 11.5 Å². The molecule has 6 nitrogen and oxygen atoms in total. The topological polar surface area (TPSA) is 71.1 Å². The fourth-order valence-electron chi connectivity index (χ4n) is 2.60. The molecule has 0 heterocycles. The summed E-state index contributed by atoms with van der Waals surface area (Å²) in [4.78, 5) is 0.122. The number of methoxy groups -OCH3 is 2. The number of hydrogen-bond donors (Lipinski definition) is 0. The summed E-state index contributed by atoms with van der Waals surface area (Å²) in [6, 6.07) is 11.8. The number of ether oxygens (including phenoxy) is 3. The number of halogens is 1. The van der Waals surface area contributed by atoms with Crippen LogP contribution in [0.25, 0.3) is 0 Å². The van der Waals surface area contributed by atoms with E-state index in [1.54, 1.807) is 32.4 Å². The Bertz CT molecular complexity index is 851. The summed E-state index contributed by atoms with van der Waals surface area (Å²) in [7, 11) is -0.705. The Morgan fingerprint density at radius 3 is 2.29 bits per heavy atom. The second kappa shape index (κ2) is 10.8. The average Bonchev–Trinajstić information content (AvgIpc) is 2.68. The lowest BCUT2D eigenvalue weighted by Gasteiger charge is -2.17. The molecular weight excluding hydrogens is 448 g/mol. The van der Waals surface area contributed by atoms with Crippen molar-refractivity contribution in [2.45, 2.75) is 37.4 Å². The van der Waals surface area contributed by atoms with E-state index in [0.717, 1.165) is 16.5 Å². The van der Waals surface area contributed by atoms with E-state index >= 15 is 0 Å². The van der Waals surface area contributed by atoms with Crippen molar-refractivity contribution in [3.63, 3.8) is 0 Å². The normalized spacial score (nSPS) is 12.6. The minimum Gasteiger partial charge on any atom is -0.493 e. The van der Waals surface area contributed by atoms with Crippen molar-refractivity contribution >= 4 is 26.0 Å². The van der Waals surface area contributed by atoms with Crippen molar-refractivity contribution in [1.29, 1.82) is 0 Å².